The molecule has 2 amide bonds. The number of ether oxygens (including phenoxy) is 1. The lowest BCUT2D eigenvalue weighted by Crippen LogP contribution is -2.54. The lowest BCUT2D eigenvalue weighted by Gasteiger charge is -2.34. The number of hydrogen-bond acceptors (Lipinski definition) is 5. The van der Waals surface area contributed by atoms with Crippen molar-refractivity contribution in [3.63, 3.8) is 0 Å². The molecule has 4 rings (SSSR count). The maximum Gasteiger partial charge on any atom is 0.264 e. The quantitative estimate of drug-likeness (QED) is 0.159. The highest BCUT2D eigenvalue weighted by Crippen LogP contribution is 2.31. The fourth-order valence-electron chi connectivity index (χ4n) is 4.85. The van der Waals surface area contributed by atoms with E-state index in [1.54, 1.807) is 43.5 Å². The van der Waals surface area contributed by atoms with E-state index in [1.165, 1.54) is 35.2 Å². The van der Waals surface area contributed by atoms with Gasteiger partial charge in [0.1, 0.15) is 18.3 Å². The van der Waals surface area contributed by atoms with Gasteiger partial charge in [-0.2, -0.15) is 0 Å². The summed E-state index contributed by atoms with van der Waals surface area (Å²) in [7, 11) is -2.72. The number of benzene rings is 4. The van der Waals surface area contributed by atoms with Crippen LogP contribution in [0.3, 0.4) is 0 Å². The number of sulfonamides is 1. The smallest absolute Gasteiger partial charge is 0.264 e. The molecule has 0 bridgehead atoms. The predicted molar refractivity (Wildman–Crippen MR) is 183 cm³/mol. The topological polar surface area (TPSA) is 96.0 Å². The van der Waals surface area contributed by atoms with Gasteiger partial charge in [0.05, 0.1) is 27.7 Å². The molecule has 242 valence electrons. The number of rotatable bonds is 14. The van der Waals surface area contributed by atoms with Crippen LogP contribution in [0.25, 0.3) is 0 Å². The Balaban J connectivity index is 1.83. The van der Waals surface area contributed by atoms with E-state index in [1.807, 2.05) is 50.2 Å². The van der Waals surface area contributed by atoms with E-state index in [-0.39, 0.29) is 45.5 Å². The highest BCUT2D eigenvalue weighted by molar-refractivity contribution is 7.92. The largest absolute Gasteiger partial charge is 0.497 e. The average Bonchev–Trinajstić information content (AvgIpc) is 3.07. The molecular formula is C35H37Cl2N3O5S. The molecule has 0 unspecified atom stereocenters. The van der Waals surface area contributed by atoms with Crippen LogP contribution < -0.4 is 14.4 Å². The number of amides is 2. The third kappa shape index (κ3) is 8.81. The molecule has 0 saturated heterocycles. The first kappa shape index (κ1) is 34.8. The Morgan fingerprint density at radius 3 is 2.13 bits per heavy atom. The van der Waals surface area contributed by atoms with Gasteiger partial charge in [-0.15, -0.1) is 0 Å². The molecule has 46 heavy (non-hydrogen) atoms. The molecule has 0 saturated carbocycles. The number of carbonyl (C=O) groups excluding carboxylic acids is 2. The van der Waals surface area contributed by atoms with Crippen LogP contribution >= 0.6 is 23.2 Å². The summed E-state index contributed by atoms with van der Waals surface area (Å²) in [5, 5.41) is 3.39. The maximum absolute atomic E-state index is 14.6. The van der Waals surface area contributed by atoms with Gasteiger partial charge in [0.2, 0.25) is 11.8 Å². The summed E-state index contributed by atoms with van der Waals surface area (Å²) in [6.07, 6.45) is 0.894. The van der Waals surface area contributed by atoms with Crippen LogP contribution in [-0.4, -0.2) is 50.9 Å². The second-order valence-electron chi connectivity index (χ2n) is 10.8. The molecule has 11 heteroatoms. The van der Waals surface area contributed by atoms with Gasteiger partial charge in [-0.1, -0.05) is 90.8 Å². The van der Waals surface area contributed by atoms with Gasteiger partial charge in [0.15, 0.2) is 0 Å². The number of nitrogens with zero attached hydrogens (tertiary/aromatic N) is 2. The zero-order valence-corrected chi connectivity index (χ0v) is 28.2. The van der Waals surface area contributed by atoms with Gasteiger partial charge < -0.3 is 15.0 Å². The lowest BCUT2D eigenvalue weighted by molar-refractivity contribution is -0.140. The minimum Gasteiger partial charge on any atom is -0.497 e. The highest BCUT2D eigenvalue weighted by atomic mass is 35.5. The fraction of sp³-hybridized carbons (Fsp3) is 0.257. The van der Waals surface area contributed by atoms with E-state index in [0.29, 0.717) is 17.7 Å². The normalized spacial score (nSPS) is 12.5. The van der Waals surface area contributed by atoms with Gasteiger partial charge in [-0.25, -0.2) is 8.42 Å². The highest BCUT2D eigenvalue weighted by Gasteiger charge is 2.35. The monoisotopic (exact) mass is 681 g/mol. The summed E-state index contributed by atoms with van der Waals surface area (Å²) in [5.41, 5.74) is 1.69. The summed E-state index contributed by atoms with van der Waals surface area (Å²) < 4.78 is 34.6. The third-order valence-corrected chi connectivity index (χ3v) is 10.1. The number of halogens is 2. The van der Waals surface area contributed by atoms with E-state index in [2.05, 4.69) is 5.32 Å². The Labute approximate surface area is 280 Å². The molecule has 0 aliphatic heterocycles. The van der Waals surface area contributed by atoms with E-state index in [4.69, 9.17) is 27.9 Å². The van der Waals surface area contributed by atoms with Crippen LogP contribution in [0, 0.1) is 0 Å². The molecule has 0 radical (unpaired) electrons. The Morgan fingerprint density at radius 1 is 0.848 bits per heavy atom. The second-order valence-corrected chi connectivity index (χ2v) is 13.5. The van der Waals surface area contributed by atoms with Crippen molar-refractivity contribution in [3.8, 4) is 5.75 Å². The molecule has 1 N–H and O–H groups in total. The van der Waals surface area contributed by atoms with Crippen molar-refractivity contribution in [2.45, 2.75) is 50.2 Å². The van der Waals surface area contributed by atoms with Crippen molar-refractivity contribution in [3.05, 3.63) is 124 Å². The minimum absolute atomic E-state index is 0.0106. The van der Waals surface area contributed by atoms with Crippen LogP contribution in [0.15, 0.2) is 108 Å². The van der Waals surface area contributed by atoms with Gasteiger partial charge in [-0.05, 0) is 66.9 Å². The molecule has 8 nitrogen and oxygen atoms in total. The number of hydrogen-bond donors (Lipinski definition) is 1. The molecule has 4 aromatic carbocycles. The third-order valence-electron chi connectivity index (χ3n) is 7.56. The van der Waals surface area contributed by atoms with E-state index in [0.717, 1.165) is 9.87 Å². The Morgan fingerprint density at radius 2 is 1.50 bits per heavy atom. The molecule has 2 atom stereocenters. The summed E-state index contributed by atoms with van der Waals surface area (Å²) in [4.78, 5) is 29.9. The first-order chi connectivity index (χ1) is 22.0. The SMILES string of the molecule is CC[C@H](C)NC(=O)[C@H](Cc1ccccc1)N(Cc1cccc(OC)c1)C(=O)CN(c1ccc(Cl)c(Cl)c1)S(=O)(=O)c1ccccc1. The first-order valence-electron chi connectivity index (χ1n) is 14.8. The number of methoxy groups -OCH3 is 1. The Hall–Kier alpha value is -4.05. The number of carbonyl (C=O) groups is 2. The van der Waals surface area contributed by atoms with Crippen LogP contribution in [-0.2, 0) is 32.6 Å². The summed E-state index contributed by atoms with van der Waals surface area (Å²) in [5.74, 6) is -0.354. The van der Waals surface area contributed by atoms with Crippen LogP contribution in [0.4, 0.5) is 5.69 Å². The Kier molecular flexibility index (Phi) is 12.1. The summed E-state index contributed by atoms with van der Waals surface area (Å²) in [6.45, 7) is 3.26. The standard InChI is InChI=1S/C35H37Cl2N3O5S/c1-4-25(2)38-35(42)33(21-26-12-7-5-8-13-26)39(23-27-14-11-15-29(20-27)45-3)34(41)24-40(28-18-19-31(36)32(37)22-28)46(43,44)30-16-9-6-10-17-30/h5-20,22,25,33H,4,21,23-24H2,1-3H3,(H,38,42)/t25-,33-/m0/s1. The van der Waals surface area contributed by atoms with Crippen LogP contribution in [0.2, 0.25) is 10.0 Å². The van der Waals surface area contributed by atoms with Crippen LogP contribution in [0.5, 0.6) is 5.75 Å². The molecule has 0 spiro atoms. The molecule has 0 aromatic heterocycles. The Bertz CT molecular complexity index is 1740. The van der Waals surface area contributed by atoms with Gasteiger partial charge in [0.25, 0.3) is 10.0 Å². The van der Waals surface area contributed by atoms with Crippen molar-refractivity contribution in [1.29, 1.82) is 0 Å². The van der Waals surface area contributed by atoms with Gasteiger partial charge >= 0.3 is 0 Å². The average molecular weight is 683 g/mol. The molecule has 4 aromatic rings. The van der Waals surface area contributed by atoms with Crippen molar-refractivity contribution >= 4 is 50.7 Å². The molecule has 0 aliphatic carbocycles. The summed E-state index contributed by atoms with van der Waals surface area (Å²) in [6, 6.07) is 27.6. The lowest BCUT2D eigenvalue weighted by atomic mass is 10.0. The molecular weight excluding hydrogens is 645 g/mol. The maximum atomic E-state index is 14.6. The molecule has 0 fully saturated rings. The number of anilines is 1. The zero-order chi connectivity index (χ0) is 33.3. The number of nitrogens with one attached hydrogen (secondary N) is 1. The van der Waals surface area contributed by atoms with Crippen molar-refractivity contribution in [2.75, 3.05) is 18.0 Å². The predicted octanol–water partition coefficient (Wildman–Crippen LogP) is 6.75. The summed E-state index contributed by atoms with van der Waals surface area (Å²) >= 11 is 12.5. The zero-order valence-electron chi connectivity index (χ0n) is 25.9. The van der Waals surface area contributed by atoms with Crippen molar-refractivity contribution in [1.82, 2.24) is 10.2 Å². The van der Waals surface area contributed by atoms with Crippen molar-refractivity contribution in [2.24, 2.45) is 0 Å². The minimum atomic E-state index is -4.26. The second kappa shape index (κ2) is 16.0. The molecule has 0 aliphatic rings. The van der Waals surface area contributed by atoms with Gasteiger partial charge in [0, 0.05) is 19.0 Å². The van der Waals surface area contributed by atoms with E-state index < -0.39 is 28.5 Å². The van der Waals surface area contributed by atoms with E-state index in [9.17, 15) is 18.0 Å². The van der Waals surface area contributed by atoms with Crippen molar-refractivity contribution < 1.29 is 22.7 Å². The van der Waals surface area contributed by atoms with Gasteiger partial charge in [-0.3, -0.25) is 13.9 Å². The fourth-order valence-corrected chi connectivity index (χ4v) is 6.57. The first-order valence-corrected chi connectivity index (χ1v) is 17.0. The van der Waals surface area contributed by atoms with E-state index >= 15 is 0 Å². The van der Waals surface area contributed by atoms with Crippen LogP contribution in [0.1, 0.15) is 31.4 Å². The molecule has 0 heterocycles.